The van der Waals surface area contributed by atoms with Crippen LogP contribution in [0.25, 0.3) is 0 Å². The molecule has 0 aliphatic carbocycles. The van der Waals surface area contributed by atoms with Crippen LogP contribution in [0.4, 0.5) is 0 Å². The van der Waals surface area contributed by atoms with Crippen LogP contribution in [0, 0.1) is 5.92 Å². The largest absolute Gasteiger partial charge is 0.481 e. The molecule has 0 saturated heterocycles. The van der Waals surface area contributed by atoms with Crippen molar-refractivity contribution in [3.63, 3.8) is 0 Å². The summed E-state index contributed by atoms with van der Waals surface area (Å²) in [4.78, 5) is 22.9. The lowest BCUT2D eigenvalue weighted by molar-refractivity contribution is -0.166. The van der Waals surface area contributed by atoms with E-state index in [9.17, 15) is 14.7 Å². The number of esters is 1. The molecule has 112 valence electrons. The maximum Gasteiger partial charge on any atom is 0.309 e. The summed E-state index contributed by atoms with van der Waals surface area (Å²) in [5.74, 6) is -2.49. The van der Waals surface area contributed by atoms with E-state index in [-0.39, 0.29) is 6.42 Å². The zero-order chi connectivity index (χ0) is 15.4. The Morgan fingerprint density at radius 2 is 1.53 bits per heavy atom. The zero-order valence-corrected chi connectivity index (χ0v) is 12.9. The maximum absolute atomic E-state index is 11.7. The van der Waals surface area contributed by atoms with Gasteiger partial charge in [0.05, 0.1) is 24.0 Å². The van der Waals surface area contributed by atoms with Crippen LogP contribution in [-0.4, -0.2) is 34.4 Å². The van der Waals surface area contributed by atoms with Crippen molar-refractivity contribution in [3.8, 4) is 0 Å². The van der Waals surface area contributed by atoms with Gasteiger partial charge >= 0.3 is 11.9 Å². The third-order valence-electron chi connectivity index (χ3n) is 2.23. The Hall–Kier alpha value is -1.10. The number of carboxylic acid groups (broad SMARTS) is 1. The average Bonchev–Trinajstić information content (AvgIpc) is 2.07. The summed E-state index contributed by atoms with van der Waals surface area (Å²) in [6.45, 7) is 12.4. The van der Waals surface area contributed by atoms with E-state index >= 15 is 0 Å². The van der Waals surface area contributed by atoms with Crippen LogP contribution >= 0.6 is 0 Å². The van der Waals surface area contributed by atoms with Gasteiger partial charge in [-0.2, -0.15) is 0 Å². The van der Waals surface area contributed by atoms with Crippen LogP contribution in [0.5, 0.6) is 0 Å². The number of carboxylic acids is 1. The van der Waals surface area contributed by atoms with Gasteiger partial charge in [-0.25, -0.2) is 0 Å². The molecule has 0 spiro atoms. The first-order chi connectivity index (χ1) is 8.32. The van der Waals surface area contributed by atoms with Gasteiger partial charge in [0.15, 0.2) is 0 Å². The Balaban J connectivity index is 4.67. The molecule has 0 aliphatic heterocycles. The van der Waals surface area contributed by atoms with Crippen molar-refractivity contribution in [2.75, 3.05) is 0 Å². The van der Waals surface area contributed by atoms with Crippen LogP contribution in [-0.2, 0) is 19.1 Å². The summed E-state index contributed by atoms with van der Waals surface area (Å²) in [6.07, 6.45) is -0.755. The lowest BCUT2D eigenvalue weighted by atomic mass is 9.98. The lowest BCUT2D eigenvalue weighted by Gasteiger charge is -2.29. The predicted octanol–water partition coefficient (Wildman–Crippen LogP) is 2.62. The molecule has 0 radical (unpaired) electrons. The highest BCUT2D eigenvalue weighted by Gasteiger charge is 2.32. The van der Waals surface area contributed by atoms with Crippen LogP contribution in [0.3, 0.4) is 0 Å². The van der Waals surface area contributed by atoms with Crippen molar-refractivity contribution in [1.82, 2.24) is 0 Å². The van der Waals surface area contributed by atoms with E-state index < -0.39 is 35.2 Å². The normalized spacial score (nSPS) is 15.7. The van der Waals surface area contributed by atoms with E-state index in [1.807, 2.05) is 20.8 Å². The van der Waals surface area contributed by atoms with Gasteiger partial charge in [-0.05, 0) is 48.5 Å². The summed E-state index contributed by atoms with van der Waals surface area (Å²) in [5, 5.41) is 9.20. The number of carbonyl (C=O) groups is 2. The molecule has 5 nitrogen and oxygen atoms in total. The molecule has 0 aromatic heterocycles. The maximum atomic E-state index is 11.7. The van der Waals surface area contributed by atoms with E-state index in [1.54, 1.807) is 27.7 Å². The number of rotatable bonds is 5. The molecular formula is C14H26O5. The molecule has 0 aromatic rings. The molecule has 0 heterocycles. The van der Waals surface area contributed by atoms with Gasteiger partial charge in [0.1, 0.15) is 5.60 Å². The fourth-order valence-electron chi connectivity index (χ4n) is 1.66. The average molecular weight is 274 g/mol. The fraction of sp³-hybridized carbons (Fsp3) is 0.857. The minimum absolute atomic E-state index is 0.191. The van der Waals surface area contributed by atoms with Crippen molar-refractivity contribution in [2.24, 2.45) is 5.92 Å². The first-order valence-corrected chi connectivity index (χ1v) is 6.44. The first-order valence-electron chi connectivity index (χ1n) is 6.44. The minimum Gasteiger partial charge on any atom is -0.481 e. The Labute approximate surface area is 115 Å². The zero-order valence-electron chi connectivity index (χ0n) is 12.9. The minimum atomic E-state index is -1.05. The smallest absolute Gasteiger partial charge is 0.309 e. The van der Waals surface area contributed by atoms with E-state index in [4.69, 9.17) is 9.47 Å². The van der Waals surface area contributed by atoms with Gasteiger partial charge in [0.25, 0.3) is 0 Å². The summed E-state index contributed by atoms with van der Waals surface area (Å²) in [7, 11) is 0. The van der Waals surface area contributed by atoms with Crippen LogP contribution < -0.4 is 0 Å². The molecule has 0 fully saturated rings. The van der Waals surface area contributed by atoms with E-state index in [0.717, 1.165) is 0 Å². The lowest BCUT2D eigenvalue weighted by Crippen LogP contribution is -2.37. The van der Waals surface area contributed by atoms with E-state index in [2.05, 4.69) is 0 Å². The standard InChI is InChI=1S/C14H26O5/c1-9(18-13(2,3)4)10(12(16)17)8-11(15)19-14(5,6)7/h9-10H,8H2,1-7H3,(H,16,17)/t9-,10+/m1/s1. The SMILES string of the molecule is C[C@@H](OC(C)(C)C)[C@H](CC(=O)OC(C)(C)C)C(=O)O. The van der Waals surface area contributed by atoms with Gasteiger partial charge in [-0.1, -0.05) is 0 Å². The quantitative estimate of drug-likeness (QED) is 0.780. The molecule has 0 bridgehead atoms. The number of ether oxygens (including phenoxy) is 2. The second-order valence-corrected chi connectivity index (χ2v) is 6.67. The molecule has 0 saturated carbocycles. The highest BCUT2D eigenvalue weighted by molar-refractivity contribution is 5.79. The molecule has 19 heavy (non-hydrogen) atoms. The molecule has 1 N–H and O–H groups in total. The Morgan fingerprint density at radius 1 is 1.05 bits per heavy atom. The molecular weight excluding hydrogens is 248 g/mol. The highest BCUT2D eigenvalue weighted by Crippen LogP contribution is 2.21. The third-order valence-corrected chi connectivity index (χ3v) is 2.23. The second-order valence-electron chi connectivity index (χ2n) is 6.67. The molecule has 5 heteroatoms. The third kappa shape index (κ3) is 8.59. The molecule has 0 rings (SSSR count). The molecule has 0 aliphatic rings. The number of hydrogen-bond donors (Lipinski definition) is 1. The van der Waals surface area contributed by atoms with Gasteiger partial charge in [0, 0.05) is 0 Å². The van der Waals surface area contributed by atoms with Crippen molar-refractivity contribution in [3.05, 3.63) is 0 Å². The molecule has 2 atom stereocenters. The van der Waals surface area contributed by atoms with E-state index in [1.165, 1.54) is 0 Å². The van der Waals surface area contributed by atoms with Crippen molar-refractivity contribution in [1.29, 1.82) is 0 Å². The predicted molar refractivity (Wildman–Crippen MR) is 71.9 cm³/mol. The van der Waals surface area contributed by atoms with E-state index in [0.29, 0.717) is 0 Å². The fourth-order valence-corrected chi connectivity index (χ4v) is 1.66. The van der Waals surface area contributed by atoms with Crippen molar-refractivity contribution in [2.45, 2.75) is 72.2 Å². The number of carbonyl (C=O) groups excluding carboxylic acids is 1. The van der Waals surface area contributed by atoms with Gasteiger partial charge < -0.3 is 14.6 Å². The van der Waals surface area contributed by atoms with Gasteiger partial charge in [-0.15, -0.1) is 0 Å². The Morgan fingerprint density at radius 3 is 1.84 bits per heavy atom. The number of aliphatic carboxylic acids is 1. The van der Waals surface area contributed by atoms with Gasteiger partial charge in [-0.3, -0.25) is 9.59 Å². The van der Waals surface area contributed by atoms with Crippen LogP contribution in [0.1, 0.15) is 54.9 Å². The van der Waals surface area contributed by atoms with Crippen LogP contribution in [0.15, 0.2) is 0 Å². The first kappa shape index (κ1) is 17.9. The summed E-state index contributed by atoms with van der Waals surface area (Å²) >= 11 is 0. The van der Waals surface area contributed by atoms with Crippen LogP contribution in [0.2, 0.25) is 0 Å². The topological polar surface area (TPSA) is 72.8 Å². The van der Waals surface area contributed by atoms with Crippen molar-refractivity contribution >= 4 is 11.9 Å². The highest BCUT2D eigenvalue weighted by atomic mass is 16.6. The Bertz CT molecular complexity index is 322. The summed E-state index contributed by atoms with van der Waals surface area (Å²) in [6, 6.07) is 0. The molecule has 0 aromatic carbocycles. The number of hydrogen-bond acceptors (Lipinski definition) is 4. The summed E-state index contributed by atoms with van der Waals surface area (Å²) in [5.41, 5.74) is -1.07. The molecule has 0 amide bonds. The monoisotopic (exact) mass is 274 g/mol. The van der Waals surface area contributed by atoms with Gasteiger partial charge in [0.2, 0.25) is 0 Å². The summed E-state index contributed by atoms with van der Waals surface area (Å²) < 4.78 is 10.7. The second kappa shape index (κ2) is 6.37. The van der Waals surface area contributed by atoms with Crippen molar-refractivity contribution < 1.29 is 24.2 Å². The molecule has 0 unspecified atom stereocenters. The Kier molecular flexibility index (Phi) is 6.00.